The standard InChI is InChI=1S/C29H38N6O4.ClH/c1-4-6-13-34(3)29(39)23-16-22(25(36)17-26(23)37)21-15-20(14-19-9-11-30-12-10-19)7-8-24(21)35-18-32-33-27(35)28(38)31-5-2;/h7-8,15-19,30,36-37H,4-6,9-14H2,1-3H3,(H,31,38);1H. The lowest BCUT2D eigenvalue weighted by molar-refractivity contribution is 0.0790. The molecule has 2 aromatic carbocycles. The molecule has 0 bridgehead atoms. The molecule has 4 N–H and O–H groups in total. The van der Waals surface area contributed by atoms with E-state index in [1.54, 1.807) is 16.5 Å². The second-order valence-electron chi connectivity index (χ2n) is 10.1. The number of carbonyl (C=O) groups excluding carboxylic acids is 2. The number of hydrogen-bond acceptors (Lipinski definition) is 7. The second-order valence-corrected chi connectivity index (χ2v) is 10.1. The maximum absolute atomic E-state index is 13.2. The molecule has 0 unspecified atom stereocenters. The fourth-order valence-electron chi connectivity index (χ4n) is 5.03. The molecular weight excluding hydrogens is 532 g/mol. The first-order valence-corrected chi connectivity index (χ1v) is 13.7. The molecule has 3 aromatic rings. The van der Waals surface area contributed by atoms with Gasteiger partial charge in [0.2, 0.25) is 5.82 Å². The van der Waals surface area contributed by atoms with Crippen molar-refractivity contribution in [1.82, 2.24) is 30.3 Å². The van der Waals surface area contributed by atoms with E-state index in [0.29, 0.717) is 35.8 Å². The predicted molar refractivity (Wildman–Crippen MR) is 157 cm³/mol. The van der Waals surface area contributed by atoms with Gasteiger partial charge < -0.3 is 25.7 Å². The molecule has 11 heteroatoms. The van der Waals surface area contributed by atoms with Crippen LogP contribution in [0, 0.1) is 5.92 Å². The van der Waals surface area contributed by atoms with Crippen LogP contribution in [0.5, 0.6) is 11.5 Å². The molecule has 0 spiro atoms. The Labute approximate surface area is 241 Å². The maximum Gasteiger partial charge on any atom is 0.289 e. The fourth-order valence-corrected chi connectivity index (χ4v) is 5.03. The highest BCUT2D eigenvalue weighted by molar-refractivity contribution is 5.99. The number of amides is 2. The number of aromatic hydroxyl groups is 2. The Morgan fingerprint density at radius 1 is 1.10 bits per heavy atom. The quantitative estimate of drug-likeness (QED) is 0.290. The molecule has 0 radical (unpaired) electrons. The molecule has 1 aliphatic rings. The summed E-state index contributed by atoms with van der Waals surface area (Å²) in [7, 11) is 1.70. The van der Waals surface area contributed by atoms with Crippen molar-refractivity contribution in [3.8, 4) is 28.3 Å². The first-order chi connectivity index (χ1) is 18.8. The van der Waals surface area contributed by atoms with Crippen molar-refractivity contribution in [3.63, 3.8) is 0 Å². The number of benzene rings is 2. The smallest absolute Gasteiger partial charge is 0.289 e. The third-order valence-corrected chi connectivity index (χ3v) is 7.22. The van der Waals surface area contributed by atoms with Gasteiger partial charge in [-0.05, 0) is 75.4 Å². The number of carbonyl (C=O) groups is 2. The maximum atomic E-state index is 13.2. The number of aromatic nitrogens is 3. The van der Waals surface area contributed by atoms with Gasteiger partial charge in [0.1, 0.15) is 17.8 Å². The van der Waals surface area contributed by atoms with Gasteiger partial charge >= 0.3 is 0 Å². The van der Waals surface area contributed by atoms with Crippen molar-refractivity contribution in [2.75, 3.05) is 33.2 Å². The summed E-state index contributed by atoms with van der Waals surface area (Å²) < 4.78 is 1.58. The summed E-state index contributed by atoms with van der Waals surface area (Å²) in [5.74, 6) is -0.524. The van der Waals surface area contributed by atoms with Gasteiger partial charge in [0, 0.05) is 37.3 Å². The highest BCUT2D eigenvalue weighted by atomic mass is 35.5. The van der Waals surface area contributed by atoms with Gasteiger partial charge in [0.25, 0.3) is 11.8 Å². The van der Waals surface area contributed by atoms with Gasteiger partial charge in [-0.1, -0.05) is 19.4 Å². The third-order valence-electron chi connectivity index (χ3n) is 7.22. The van der Waals surface area contributed by atoms with Crippen LogP contribution in [0.1, 0.15) is 66.1 Å². The van der Waals surface area contributed by atoms with Crippen LogP contribution in [0.3, 0.4) is 0 Å². The Bertz CT molecular complexity index is 1320. The Kier molecular flexibility index (Phi) is 10.9. The Balaban J connectivity index is 0.00000441. The van der Waals surface area contributed by atoms with E-state index in [0.717, 1.165) is 50.8 Å². The molecular formula is C29H39ClN6O4. The van der Waals surface area contributed by atoms with E-state index in [2.05, 4.69) is 20.8 Å². The minimum atomic E-state index is -0.372. The molecule has 0 saturated carbocycles. The minimum absolute atomic E-state index is 0. The van der Waals surface area contributed by atoms with E-state index in [-0.39, 0.29) is 47.1 Å². The molecule has 1 saturated heterocycles. The van der Waals surface area contributed by atoms with Crippen LogP contribution < -0.4 is 10.6 Å². The molecule has 0 atom stereocenters. The van der Waals surface area contributed by atoms with Gasteiger partial charge in [0.05, 0.1) is 11.3 Å². The lowest BCUT2D eigenvalue weighted by atomic mass is 9.89. The number of phenolic OH excluding ortho intramolecular Hbond substituents is 2. The van der Waals surface area contributed by atoms with Crippen LogP contribution in [-0.4, -0.2) is 74.9 Å². The Morgan fingerprint density at radius 2 is 1.85 bits per heavy atom. The number of nitrogens with zero attached hydrogens (tertiary/aromatic N) is 4. The first-order valence-electron chi connectivity index (χ1n) is 13.7. The summed E-state index contributed by atoms with van der Waals surface area (Å²) >= 11 is 0. The van der Waals surface area contributed by atoms with Crippen molar-refractivity contribution in [3.05, 3.63) is 53.6 Å². The zero-order valence-electron chi connectivity index (χ0n) is 23.3. The van der Waals surface area contributed by atoms with Crippen molar-refractivity contribution in [2.45, 2.75) is 46.0 Å². The van der Waals surface area contributed by atoms with Gasteiger partial charge in [-0.25, -0.2) is 0 Å². The largest absolute Gasteiger partial charge is 0.507 e. The summed E-state index contributed by atoms with van der Waals surface area (Å²) in [5.41, 5.74) is 2.74. The third kappa shape index (κ3) is 6.92. The van der Waals surface area contributed by atoms with E-state index >= 15 is 0 Å². The van der Waals surface area contributed by atoms with Crippen LogP contribution in [0.2, 0.25) is 0 Å². The number of halogens is 1. The van der Waals surface area contributed by atoms with Gasteiger partial charge in [-0.2, -0.15) is 0 Å². The first kappa shape index (κ1) is 30.9. The fraction of sp³-hybridized carbons (Fsp3) is 0.448. The normalized spacial score (nSPS) is 13.5. The van der Waals surface area contributed by atoms with E-state index in [1.807, 2.05) is 32.0 Å². The van der Waals surface area contributed by atoms with Crippen molar-refractivity contribution < 1.29 is 19.8 Å². The molecule has 40 heavy (non-hydrogen) atoms. The van der Waals surface area contributed by atoms with Crippen LogP contribution in [-0.2, 0) is 6.42 Å². The van der Waals surface area contributed by atoms with Crippen LogP contribution in [0.25, 0.3) is 16.8 Å². The molecule has 2 amide bonds. The molecule has 1 fully saturated rings. The average Bonchev–Trinajstić information content (AvgIpc) is 3.42. The molecule has 1 aliphatic heterocycles. The van der Waals surface area contributed by atoms with E-state index in [4.69, 9.17) is 0 Å². The monoisotopic (exact) mass is 570 g/mol. The van der Waals surface area contributed by atoms with Gasteiger partial charge in [0.15, 0.2) is 0 Å². The number of unbranched alkanes of at least 4 members (excludes halogenated alkanes) is 1. The summed E-state index contributed by atoms with van der Waals surface area (Å²) in [6.45, 7) is 6.84. The molecule has 4 rings (SSSR count). The number of rotatable bonds is 10. The van der Waals surface area contributed by atoms with Crippen molar-refractivity contribution in [2.24, 2.45) is 5.92 Å². The highest BCUT2D eigenvalue weighted by Crippen LogP contribution is 2.39. The number of phenols is 2. The minimum Gasteiger partial charge on any atom is -0.507 e. The van der Waals surface area contributed by atoms with Gasteiger partial charge in [-0.15, -0.1) is 22.6 Å². The highest BCUT2D eigenvalue weighted by Gasteiger charge is 2.24. The zero-order chi connectivity index (χ0) is 27.9. The summed E-state index contributed by atoms with van der Waals surface area (Å²) in [6, 6.07) is 8.62. The SMILES string of the molecule is CCCCN(C)C(=O)c1cc(-c2cc(CC3CCNCC3)ccc2-n2cnnc2C(=O)NCC)c(O)cc1O.Cl. The van der Waals surface area contributed by atoms with Crippen molar-refractivity contribution >= 4 is 24.2 Å². The number of piperidine rings is 1. The summed E-state index contributed by atoms with van der Waals surface area (Å²) in [4.78, 5) is 27.5. The van der Waals surface area contributed by atoms with E-state index in [1.165, 1.54) is 18.5 Å². The average molecular weight is 571 g/mol. The zero-order valence-corrected chi connectivity index (χ0v) is 24.1. The van der Waals surface area contributed by atoms with Gasteiger partial charge in [-0.3, -0.25) is 14.2 Å². The number of hydrogen-bond donors (Lipinski definition) is 4. The molecule has 10 nitrogen and oxygen atoms in total. The Hall–Kier alpha value is -3.63. The predicted octanol–water partition coefficient (Wildman–Crippen LogP) is 3.93. The summed E-state index contributed by atoms with van der Waals surface area (Å²) in [5, 5.41) is 35.8. The molecule has 0 aliphatic carbocycles. The van der Waals surface area contributed by atoms with Crippen LogP contribution in [0.15, 0.2) is 36.7 Å². The van der Waals surface area contributed by atoms with Crippen LogP contribution in [0.4, 0.5) is 0 Å². The molecule has 216 valence electrons. The van der Waals surface area contributed by atoms with Crippen molar-refractivity contribution in [1.29, 1.82) is 0 Å². The topological polar surface area (TPSA) is 133 Å². The summed E-state index contributed by atoms with van der Waals surface area (Å²) in [6.07, 6.45) is 6.26. The number of nitrogens with one attached hydrogen (secondary N) is 2. The Morgan fingerprint density at radius 3 is 2.55 bits per heavy atom. The lowest BCUT2D eigenvalue weighted by Gasteiger charge is -2.23. The van der Waals surface area contributed by atoms with E-state index in [9.17, 15) is 19.8 Å². The lowest BCUT2D eigenvalue weighted by Crippen LogP contribution is -2.28. The molecule has 1 aromatic heterocycles. The van der Waals surface area contributed by atoms with E-state index < -0.39 is 0 Å². The second kappa shape index (κ2) is 14.1. The van der Waals surface area contributed by atoms with Crippen LogP contribution >= 0.6 is 12.4 Å². The molecule has 2 heterocycles.